The summed E-state index contributed by atoms with van der Waals surface area (Å²) in [6.07, 6.45) is 0.804. The minimum Gasteiger partial charge on any atom is -0.496 e. The van der Waals surface area contributed by atoms with Gasteiger partial charge in [-0.2, -0.15) is 5.10 Å². The van der Waals surface area contributed by atoms with Gasteiger partial charge in [-0.25, -0.2) is 0 Å². The van der Waals surface area contributed by atoms with E-state index >= 15 is 0 Å². The fourth-order valence-corrected chi connectivity index (χ4v) is 3.64. The van der Waals surface area contributed by atoms with Gasteiger partial charge in [0.1, 0.15) is 5.75 Å². The van der Waals surface area contributed by atoms with Crippen LogP contribution in [0.5, 0.6) is 5.75 Å². The first kappa shape index (κ1) is 16.3. The molecule has 0 aliphatic rings. The van der Waals surface area contributed by atoms with E-state index < -0.39 is 0 Å². The number of likely N-dealkylation sites (N-methyl/N-ethyl adjacent to an activating group) is 1. The van der Waals surface area contributed by atoms with Crippen molar-refractivity contribution in [2.45, 2.75) is 39.8 Å². The van der Waals surface area contributed by atoms with Gasteiger partial charge < -0.3 is 10.1 Å². The topological polar surface area (TPSA) is 39.1 Å². The van der Waals surface area contributed by atoms with Crippen LogP contribution in [0.1, 0.15) is 36.2 Å². The van der Waals surface area contributed by atoms with Crippen molar-refractivity contribution in [1.29, 1.82) is 0 Å². The van der Waals surface area contributed by atoms with E-state index in [2.05, 4.69) is 29.6 Å². The quantitative estimate of drug-likeness (QED) is 0.840. The molecule has 0 aliphatic heterocycles. The van der Waals surface area contributed by atoms with Gasteiger partial charge in [-0.05, 0) is 31.8 Å². The lowest BCUT2D eigenvalue weighted by atomic mass is 10.1. The zero-order chi connectivity index (χ0) is 15.4. The summed E-state index contributed by atoms with van der Waals surface area (Å²) in [6.45, 7) is 7.86. The van der Waals surface area contributed by atoms with Crippen molar-refractivity contribution in [2.75, 3.05) is 13.7 Å². The summed E-state index contributed by atoms with van der Waals surface area (Å²) >= 11 is 8.14. The Hall–Kier alpha value is -1.04. The van der Waals surface area contributed by atoms with Gasteiger partial charge in [-0.1, -0.05) is 18.5 Å². The van der Waals surface area contributed by atoms with E-state index in [0.29, 0.717) is 0 Å². The highest BCUT2D eigenvalue weighted by molar-refractivity contribution is 7.10. The van der Waals surface area contributed by atoms with E-state index in [1.165, 1.54) is 4.88 Å². The average molecular weight is 328 g/mol. The van der Waals surface area contributed by atoms with Gasteiger partial charge >= 0.3 is 0 Å². The van der Waals surface area contributed by atoms with Gasteiger partial charge in [0.2, 0.25) is 0 Å². The maximum absolute atomic E-state index is 6.43. The van der Waals surface area contributed by atoms with E-state index in [-0.39, 0.29) is 6.04 Å². The van der Waals surface area contributed by atoms with Crippen LogP contribution in [0.2, 0.25) is 5.02 Å². The van der Waals surface area contributed by atoms with Crippen LogP contribution in [0, 0.1) is 6.92 Å². The highest BCUT2D eigenvalue weighted by Gasteiger charge is 2.22. The van der Waals surface area contributed by atoms with E-state index in [9.17, 15) is 0 Å². The molecule has 4 nitrogen and oxygen atoms in total. The third-order valence-electron chi connectivity index (χ3n) is 3.49. The molecule has 1 atom stereocenters. The number of rotatable bonds is 7. The molecule has 0 aromatic carbocycles. The minimum absolute atomic E-state index is 0.184. The van der Waals surface area contributed by atoms with Gasteiger partial charge in [-0.3, -0.25) is 4.68 Å². The highest BCUT2D eigenvalue weighted by atomic mass is 35.5. The molecule has 1 N–H and O–H groups in total. The smallest absolute Gasteiger partial charge is 0.134 e. The van der Waals surface area contributed by atoms with Crippen molar-refractivity contribution in [3.63, 3.8) is 0 Å². The van der Waals surface area contributed by atoms with Crippen LogP contribution in [0.25, 0.3) is 0 Å². The first-order valence-electron chi connectivity index (χ1n) is 7.18. The first-order valence-corrected chi connectivity index (χ1v) is 8.44. The maximum Gasteiger partial charge on any atom is 0.134 e. The van der Waals surface area contributed by atoms with E-state index in [1.807, 2.05) is 17.7 Å². The van der Waals surface area contributed by atoms with Gasteiger partial charge in [0.25, 0.3) is 0 Å². The Labute approximate surface area is 135 Å². The summed E-state index contributed by atoms with van der Waals surface area (Å²) in [5, 5.41) is 10.9. The number of hydrogen-bond donors (Lipinski definition) is 1. The van der Waals surface area contributed by atoms with E-state index in [4.69, 9.17) is 16.3 Å². The molecule has 2 heterocycles. The van der Waals surface area contributed by atoms with Crippen LogP contribution in [0.15, 0.2) is 11.4 Å². The second-order valence-electron chi connectivity index (χ2n) is 4.83. The zero-order valence-electron chi connectivity index (χ0n) is 12.9. The fraction of sp³-hybridized carbons (Fsp3) is 0.533. The lowest BCUT2D eigenvalue weighted by molar-refractivity contribution is 0.402. The van der Waals surface area contributed by atoms with Crippen molar-refractivity contribution < 1.29 is 4.74 Å². The molecule has 2 rings (SSSR count). The average Bonchev–Trinajstić information content (AvgIpc) is 3.06. The molecule has 0 fully saturated rings. The summed E-state index contributed by atoms with van der Waals surface area (Å²) in [5.74, 6) is 0.932. The molecule has 0 radical (unpaired) electrons. The summed E-state index contributed by atoms with van der Waals surface area (Å²) in [6, 6.07) is 2.19. The number of aryl methyl sites for hydroxylation is 2. The Morgan fingerprint density at radius 2 is 2.24 bits per heavy atom. The Kier molecular flexibility index (Phi) is 5.67. The van der Waals surface area contributed by atoms with Gasteiger partial charge in [0.15, 0.2) is 0 Å². The highest BCUT2D eigenvalue weighted by Crippen LogP contribution is 2.34. The number of methoxy groups -OCH3 is 1. The number of halogens is 1. The molecule has 116 valence electrons. The Morgan fingerprint density at radius 3 is 2.86 bits per heavy atom. The summed E-state index contributed by atoms with van der Waals surface area (Å²) in [5.41, 5.74) is 1.97. The molecule has 0 spiro atoms. The number of thiophene rings is 1. The first-order chi connectivity index (χ1) is 10.1. The minimum atomic E-state index is 0.184. The molecule has 0 aliphatic carbocycles. The number of aromatic nitrogens is 2. The Morgan fingerprint density at radius 1 is 1.48 bits per heavy atom. The normalized spacial score (nSPS) is 12.6. The number of ether oxygens (including phenoxy) is 1. The summed E-state index contributed by atoms with van der Waals surface area (Å²) in [4.78, 5) is 1.21. The van der Waals surface area contributed by atoms with E-state index in [0.717, 1.165) is 41.7 Å². The van der Waals surface area contributed by atoms with Crippen LogP contribution in [0.3, 0.4) is 0 Å². The lowest BCUT2D eigenvalue weighted by Gasteiger charge is -2.18. The SMILES string of the molecule is CCNC(Cc1c(Cl)c(C)nn1CC)c1sccc1OC. The largest absolute Gasteiger partial charge is 0.496 e. The predicted octanol–water partition coefficient (Wildman–Crippen LogP) is 3.83. The molecule has 21 heavy (non-hydrogen) atoms. The van der Waals surface area contributed by atoms with Crippen molar-refractivity contribution in [3.05, 3.63) is 32.7 Å². The standard InChI is InChI=1S/C15H22ClN3OS/c1-5-17-11(15-13(20-4)7-8-21-15)9-12-14(16)10(3)18-19(12)6-2/h7-8,11,17H,5-6,9H2,1-4H3. The van der Waals surface area contributed by atoms with Crippen molar-refractivity contribution in [3.8, 4) is 5.75 Å². The maximum atomic E-state index is 6.43. The van der Waals surface area contributed by atoms with Gasteiger partial charge in [-0.15, -0.1) is 11.3 Å². The predicted molar refractivity (Wildman–Crippen MR) is 88.6 cm³/mol. The van der Waals surface area contributed by atoms with Crippen molar-refractivity contribution in [1.82, 2.24) is 15.1 Å². The van der Waals surface area contributed by atoms with Crippen LogP contribution in [0.4, 0.5) is 0 Å². The molecule has 0 saturated carbocycles. The summed E-state index contributed by atoms with van der Waals surface area (Å²) < 4.78 is 7.45. The molecule has 2 aromatic rings. The molecule has 0 amide bonds. The molecule has 0 saturated heterocycles. The lowest BCUT2D eigenvalue weighted by Crippen LogP contribution is -2.24. The van der Waals surface area contributed by atoms with Crippen LogP contribution >= 0.6 is 22.9 Å². The molecular weight excluding hydrogens is 306 g/mol. The molecular formula is C15H22ClN3OS. The Balaban J connectivity index is 2.33. The van der Waals surface area contributed by atoms with Crippen LogP contribution in [-0.4, -0.2) is 23.4 Å². The number of nitrogens with one attached hydrogen (secondary N) is 1. The molecule has 1 unspecified atom stereocenters. The van der Waals surface area contributed by atoms with Crippen molar-refractivity contribution >= 4 is 22.9 Å². The third-order valence-corrected chi connectivity index (χ3v) is 5.00. The monoisotopic (exact) mass is 327 g/mol. The van der Waals surface area contributed by atoms with Gasteiger partial charge in [0, 0.05) is 13.0 Å². The molecule has 2 aromatic heterocycles. The number of nitrogens with zero attached hydrogens (tertiary/aromatic N) is 2. The van der Waals surface area contributed by atoms with Crippen LogP contribution < -0.4 is 10.1 Å². The van der Waals surface area contributed by atoms with Gasteiger partial charge in [0.05, 0.1) is 34.4 Å². The Bertz CT molecular complexity index is 594. The second-order valence-corrected chi connectivity index (χ2v) is 6.16. The van der Waals surface area contributed by atoms with Crippen molar-refractivity contribution in [2.24, 2.45) is 0 Å². The third kappa shape index (κ3) is 3.42. The summed E-state index contributed by atoms with van der Waals surface area (Å²) in [7, 11) is 1.71. The molecule has 0 bridgehead atoms. The number of hydrogen-bond acceptors (Lipinski definition) is 4. The zero-order valence-corrected chi connectivity index (χ0v) is 14.5. The fourth-order valence-electron chi connectivity index (χ4n) is 2.49. The van der Waals surface area contributed by atoms with E-state index in [1.54, 1.807) is 18.4 Å². The second kappa shape index (κ2) is 7.29. The molecule has 6 heteroatoms. The van der Waals surface area contributed by atoms with Crippen LogP contribution in [-0.2, 0) is 13.0 Å².